The maximum Gasteiger partial charge on any atom is 0.317 e. The highest BCUT2D eigenvalue weighted by atomic mass is 16.4. The molecule has 1 unspecified atom stereocenters. The minimum Gasteiger partial charge on any atom is -0.480 e. The van der Waals surface area contributed by atoms with Gasteiger partial charge in [0, 0.05) is 71.4 Å². The third-order valence-electron chi connectivity index (χ3n) is 6.64. The van der Waals surface area contributed by atoms with E-state index in [1.54, 1.807) is 19.6 Å². The van der Waals surface area contributed by atoms with E-state index in [1.165, 1.54) is 0 Å². The Morgan fingerprint density at radius 2 is 0.711 bits per heavy atom. The van der Waals surface area contributed by atoms with Gasteiger partial charge >= 0.3 is 23.9 Å². The van der Waals surface area contributed by atoms with Crippen LogP contribution in [0.25, 0.3) is 0 Å². The van der Waals surface area contributed by atoms with Gasteiger partial charge in [0.15, 0.2) is 0 Å². The number of carbonyl (C=O) groups is 5. The van der Waals surface area contributed by atoms with Gasteiger partial charge in [0.1, 0.15) is 5.78 Å². The van der Waals surface area contributed by atoms with Crippen molar-refractivity contribution >= 4 is 29.7 Å². The molecule has 1 saturated heterocycles. The van der Waals surface area contributed by atoms with Crippen molar-refractivity contribution in [3.63, 3.8) is 0 Å². The summed E-state index contributed by atoms with van der Waals surface area (Å²) in [6.07, 6.45) is 0.682. The average Bonchev–Trinajstić information content (AvgIpc) is 2.82. The number of hydrogen-bond donors (Lipinski definition) is 4. The van der Waals surface area contributed by atoms with Crippen LogP contribution in [0.4, 0.5) is 0 Å². The Hall–Kier alpha value is -2.65. The van der Waals surface area contributed by atoms with Gasteiger partial charge in [-0.3, -0.25) is 48.5 Å². The number of rotatable bonds is 12. The molecule has 0 bridgehead atoms. The molecule has 4 N–H and O–H groups in total. The summed E-state index contributed by atoms with van der Waals surface area (Å²) in [6.45, 7) is 5.77. The average molecular weight is 546 g/mol. The molecule has 0 saturated carbocycles. The number of nitrogens with zero attached hydrogens (tertiary/aromatic N) is 5. The summed E-state index contributed by atoms with van der Waals surface area (Å²) in [7, 11) is 0. The van der Waals surface area contributed by atoms with Crippen molar-refractivity contribution in [2.24, 2.45) is 5.92 Å². The maximum absolute atomic E-state index is 12.7. The second kappa shape index (κ2) is 17.8. The molecule has 0 aromatic carbocycles. The second-order valence-corrected chi connectivity index (χ2v) is 9.73. The summed E-state index contributed by atoms with van der Waals surface area (Å²) in [5.41, 5.74) is 0. The largest absolute Gasteiger partial charge is 0.480 e. The second-order valence-electron chi connectivity index (χ2n) is 9.73. The number of carboxylic acids is 4. The zero-order chi connectivity index (χ0) is 28.7. The highest BCUT2D eigenvalue weighted by Gasteiger charge is 2.22. The SMILES string of the molecule is CCC(C)C(=O)CN1CCN(CC(=O)O)CCN(CC(=O)O)CCN(CC(=O)O)CCN(CC(=O)O)CC1. The number of carbonyl (C=O) groups excluding carboxylic acids is 1. The summed E-state index contributed by atoms with van der Waals surface area (Å²) in [5.74, 6) is -4.28. The van der Waals surface area contributed by atoms with Crippen LogP contribution in [-0.2, 0) is 24.0 Å². The Morgan fingerprint density at radius 3 is 0.895 bits per heavy atom. The fourth-order valence-corrected chi connectivity index (χ4v) is 4.13. The van der Waals surface area contributed by atoms with Crippen molar-refractivity contribution in [1.82, 2.24) is 24.5 Å². The van der Waals surface area contributed by atoms with Crippen molar-refractivity contribution in [3.8, 4) is 0 Å². The molecule has 0 aliphatic carbocycles. The minimum absolute atomic E-state index is 0.0419. The Morgan fingerprint density at radius 1 is 0.500 bits per heavy atom. The highest BCUT2D eigenvalue weighted by Crippen LogP contribution is 2.06. The van der Waals surface area contributed by atoms with Crippen LogP contribution < -0.4 is 0 Å². The molecule has 0 radical (unpaired) electrons. The summed E-state index contributed by atoms with van der Waals surface area (Å²) >= 11 is 0. The van der Waals surface area contributed by atoms with Crippen LogP contribution in [0.5, 0.6) is 0 Å². The highest BCUT2D eigenvalue weighted by molar-refractivity contribution is 5.82. The molecule has 38 heavy (non-hydrogen) atoms. The van der Waals surface area contributed by atoms with Crippen LogP contribution in [0.15, 0.2) is 0 Å². The molecule has 1 fully saturated rings. The molecule has 1 heterocycles. The first-order valence-corrected chi connectivity index (χ1v) is 12.9. The van der Waals surface area contributed by atoms with Crippen LogP contribution in [0.3, 0.4) is 0 Å². The van der Waals surface area contributed by atoms with Crippen LogP contribution in [-0.4, -0.2) is 173 Å². The lowest BCUT2D eigenvalue weighted by molar-refractivity contribution is -0.140. The third kappa shape index (κ3) is 14.9. The molecule has 0 aromatic heterocycles. The minimum atomic E-state index is -1.06. The van der Waals surface area contributed by atoms with Gasteiger partial charge in [-0.05, 0) is 6.42 Å². The molecule has 1 aliphatic rings. The normalized spacial score (nSPS) is 19.7. The van der Waals surface area contributed by atoms with Gasteiger partial charge in [-0.25, -0.2) is 0 Å². The topological polar surface area (TPSA) is 182 Å². The molecular formula is C24H43N5O9. The van der Waals surface area contributed by atoms with Gasteiger partial charge in [-0.1, -0.05) is 13.8 Å². The summed E-state index contributed by atoms with van der Waals surface area (Å²) < 4.78 is 0. The Balaban J connectivity index is 3.21. The molecule has 1 rings (SSSR count). The van der Waals surface area contributed by atoms with Gasteiger partial charge < -0.3 is 20.4 Å². The standard InChI is InChI=1S/C24H43N5O9/c1-3-19(2)20(30)14-25-4-6-26(15-21(31)32)8-10-28(17-23(35)36)12-13-29(18-24(37)38)11-9-27(7-5-25)16-22(33)34/h19H,3-18H2,1-2H3,(H,31,32)(H,33,34)(H,35,36)(H,37,38). The lowest BCUT2D eigenvalue weighted by Gasteiger charge is -2.30. The van der Waals surface area contributed by atoms with Crippen molar-refractivity contribution in [3.05, 3.63) is 0 Å². The zero-order valence-corrected chi connectivity index (χ0v) is 22.5. The number of carboxylic acid groups (broad SMARTS) is 4. The van der Waals surface area contributed by atoms with Gasteiger partial charge in [-0.2, -0.15) is 0 Å². The first-order chi connectivity index (χ1) is 17.9. The predicted molar refractivity (Wildman–Crippen MR) is 137 cm³/mol. The van der Waals surface area contributed by atoms with Gasteiger partial charge in [0.05, 0.1) is 32.7 Å². The number of hydrogen-bond acceptors (Lipinski definition) is 10. The summed E-state index contributed by atoms with van der Waals surface area (Å²) in [4.78, 5) is 67.0. The van der Waals surface area contributed by atoms with E-state index in [1.807, 2.05) is 18.7 Å². The molecule has 1 atom stereocenters. The molecule has 14 nitrogen and oxygen atoms in total. The Kier molecular flexibility index (Phi) is 15.6. The first kappa shape index (κ1) is 33.4. The summed E-state index contributed by atoms with van der Waals surface area (Å²) in [5, 5.41) is 37.5. The fourth-order valence-electron chi connectivity index (χ4n) is 4.13. The zero-order valence-electron chi connectivity index (χ0n) is 22.5. The van der Waals surface area contributed by atoms with E-state index in [-0.39, 0.29) is 83.7 Å². The van der Waals surface area contributed by atoms with E-state index in [9.17, 15) is 44.4 Å². The maximum atomic E-state index is 12.7. The molecule has 1 aliphatic heterocycles. The van der Waals surface area contributed by atoms with Crippen molar-refractivity contribution in [2.45, 2.75) is 20.3 Å². The lowest BCUT2D eigenvalue weighted by Crippen LogP contribution is -2.46. The molecule has 0 amide bonds. The molecule has 14 heteroatoms. The summed E-state index contributed by atoms with van der Waals surface area (Å²) in [6, 6.07) is 0. The molecule has 218 valence electrons. The Bertz CT molecular complexity index is 745. The van der Waals surface area contributed by atoms with Crippen LogP contribution in [0, 0.1) is 5.92 Å². The van der Waals surface area contributed by atoms with Crippen LogP contribution in [0.1, 0.15) is 20.3 Å². The molecular weight excluding hydrogens is 502 g/mol. The number of aliphatic carboxylic acids is 4. The van der Waals surface area contributed by atoms with E-state index in [0.29, 0.717) is 32.6 Å². The molecule has 0 spiro atoms. The van der Waals surface area contributed by atoms with Gasteiger partial charge in [0.2, 0.25) is 0 Å². The van der Waals surface area contributed by atoms with E-state index < -0.39 is 23.9 Å². The quantitative estimate of drug-likeness (QED) is 0.221. The first-order valence-electron chi connectivity index (χ1n) is 12.9. The monoisotopic (exact) mass is 545 g/mol. The van der Waals surface area contributed by atoms with Crippen LogP contribution in [0.2, 0.25) is 0 Å². The number of Topliss-reactive ketones (excluding diaryl/α,β-unsaturated/α-hetero) is 1. The third-order valence-corrected chi connectivity index (χ3v) is 6.64. The van der Waals surface area contributed by atoms with E-state index in [0.717, 1.165) is 0 Å². The van der Waals surface area contributed by atoms with Gasteiger partial charge in [0.25, 0.3) is 0 Å². The predicted octanol–water partition coefficient (Wildman–Crippen LogP) is -1.54. The van der Waals surface area contributed by atoms with E-state index >= 15 is 0 Å². The van der Waals surface area contributed by atoms with Gasteiger partial charge in [-0.15, -0.1) is 0 Å². The molecule has 0 aromatic rings. The number of ketones is 1. The van der Waals surface area contributed by atoms with Crippen LogP contribution >= 0.6 is 0 Å². The van der Waals surface area contributed by atoms with E-state index in [4.69, 9.17) is 0 Å². The van der Waals surface area contributed by atoms with E-state index in [2.05, 4.69) is 0 Å². The van der Waals surface area contributed by atoms with Crippen molar-refractivity contribution in [2.75, 3.05) is 98.2 Å². The fraction of sp³-hybridized carbons (Fsp3) is 0.792. The van der Waals surface area contributed by atoms with Crippen molar-refractivity contribution in [1.29, 1.82) is 0 Å². The smallest absolute Gasteiger partial charge is 0.317 e. The van der Waals surface area contributed by atoms with Crippen molar-refractivity contribution < 1.29 is 44.4 Å². The Labute approximate surface area is 223 Å². The lowest BCUT2D eigenvalue weighted by atomic mass is 10.0.